The highest BCUT2D eigenvalue weighted by Crippen LogP contribution is 2.08. The Morgan fingerprint density at radius 2 is 2.13 bits per heavy atom. The molecule has 3 heteroatoms. The largest absolute Gasteiger partial charge is 0.396 e. The molecular weight excluding hydrogens is 188 g/mol. The topological polar surface area (TPSA) is 45.1 Å². The lowest BCUT2D eigenvalue weighted by Crippen LogP contribution is -2.39. The minimum absolute atomic E-state index is 0.0404. The molecule has 0 fully saturated rings. The molecular formula is C12H20N2O. The maximum atomic E-state index is 8.88. The fourth-order valence-electron chi connectivity index (χ4n) is 1.30. The molecule has 15 heavy (non-hydrogen) atoms. The van der Waals surface area contributed by atoms with Crippen molar-refractivity contribution >= 4 is 0 Å². The lowest BCUT2D eigenvalue weighted by atomic mass is 10.0. The highest BCUT2D eigenvalue weighted by Gasteiger charge is 2.15. The van der Waals surface area contributed by atoms with E-state index in [1.54, 1.807) is 0 Å². The summed E-state index contributed by atoms with van der Waals surface area (Å²) in [6.45, 7) is 7.14. The van der Waals surface area contributed by atoms with Crippen molar-refractivity contribution < 1.29 is 5.11 Å². The van der Waals surface area contributed by atoms with Crippen LogP contribution < -0.4 is 5.32 Å². The standard InChI is InChI=1S/C12H20N2O/c1-10-4-5-11(13-8-10)9-14-12(2,3)6-7-15/h4-5,8,14-15H,6-7,9H2,1-3H3. The molecule has 2 N–H and O–H groups in total. The molecule has 0 spiro atoms. The fraction of sp³-hybridized carbons (Fsp3) is 0.583. The summed E-state index contributed by atoms with van der Waals surface area (Å²) in [6, 6.07) is 4.08. The van der Waals surface area contributed by atoms with Crippen LogP contribution in [0.15, 0.2) is 18.3 Å². The molecule has 0 radical (unpaired) electrons. The van der Waals surface area contributed by atoms with Crippen molar-refractivity contribution in [2.45, 2.75) is 39.3 Å². The second-order valence-corrected chi connectivity index (χ2v) is 4.54. The predicted octanol–water partition coefficient (Wildman–Crippen LogP) is 1.64. The highest BCUT2D eigenvalue weighted by molar-refractivity contribution is 5.12. The molecule has 0 atom stereocenters. The first kappa shape index (κ1) is 12.1. The Labute approximate surface area is 91.5 Å². The third-order valence-corrected chi connectivity index (χ3v) is 2.46. The zero-order valence-corrected chi connectivity index (χ0v) is 9.75. The Kier molecular flexibility index (Phi) is 4.24. The lowest BCUT2D eigenvalue weighted by Gasteiger charge is -2.25. The Hall–Kier alpha value is -0.930. The molecule has 0 saturated carbocycles. The number of hydrogen-bond acceptors (Lipinski definition) is 3. The van der Waals surface area contributed by atoms with Crippen molar-refractivity contribution in [2.24, 2.45) is 0 Å². The minimum Gasteiger partial charge on any atom is -0.396 e. The second kappa shape index (κ2) is 5.24. The van der Waals surface area contributed by atoms with Crippen molar-refractivity contribution in [1.29, 1.82) is 0 Å². The van der Waals surface area contributed by atoms with E-state index in [0.29, 0.717) is 0 Å². The van der Waals surface area contributed by atoms with Crippen molar-refractivity contribution in [3.8, 4) is 0 Å². The van der Waals surface area contributed by atoms with Crippen molar-refractivity contribution in [1.82, 2.24) is 10.3 Å². The smallest absolute Gasteiger partial charge is 0.0542 e. The normalized spacial score (nSPS) is 11.7. The van der Waals surface area contributed by atoms with Gasteiger partial charge in [0.1, 0.15) is 0 Å². The van der Waals surface area contributed by atoms with E-state index < -0.39 is 0 Å². The van der Waals surface area contributed by atoms with E-state index in [-0.39, 0.29) is 12.1 Å². The number of pyridine rings is 1. The van der Waals surface area contributed by atoms with E-state index in [1.807, 2.05) is 19.2 Å². The molecule has 0 unspecified atom stereocenters. The van der Waals surface area contributed by atoms with Crippen molar-refractivity contribution in [3.63, 3.8) is 0 Å². The fourth-order valence-corrected chi connectivity index (χ4v) is 1.30. The van der Waals surface area contributed by atoms with Gasteiger partial charge >= 0.3 is 0 Å². The summed E-state index contributed by atoms with van der Waals surface area (Å²) in [5.74, 6) is 0. The number of aliphatic hydroxyl groups is 1. The number of nitrogens with zero attached hydrogens (tertiary/aromatic N) is 1. The summed E-state index contributed by atoms with van der Waals surface area (Å²) < 4.78 is 0. The van der Waals surface area contributed by atoms with Crippen LogP contribution in [0, 0.1) is 6.92 Å². The van der Waals surface area contributed by atoms with Gasteiger partial charge in [-0.25, -0.2) is 0 Å². The van der Waals surface area contributed by atoms with Gasteiger partial charge in [-0.2, -0.15) is 0 Å². The van der Waals surface area contributed by atoms with E-state index in [9.17, 15) is 0 Å². The van der Waals surface area contributed by atoms with Crippen LogP contribution in [0.2, 0.25) is 0 Å². The third-order valence-electron chi connectivity index (χ3n) is 2.46. The second-order valence-electron chi connectivity index (χ2n) is 4.54. The quantitative estimate of drug-likeness (QED) is 0.773. The van der Waals surface area contributed by atoms with Crippen LogP contribution in [-0.4, -0.2) is 22.2 Å². The number of rotatable bonds is 5. The molecule has 1 heterocycles. The van der Waals surface area contributed by atoms with Gasteiger partial charge in [-0.15, -0.1) is 0 Å². The molecule has 0 amide bonds. The first-order valence-electron chi connectivity index (χ1n) is 5.31. The summed E-state index contributed by atoms with van der Waals surface area (Å²) >= 11 is 0. The van der Waals surface area contributed by atoms with E-state index in [2.05, 4.69) is 30.2 Å². The van der Waals surface area contributed by atoms with Gasteiger partial charge in [0.2, 0.25) is 0 Å². The van der Waals surface area contributed by atoms with Crippen LogP contribution in [0.25, 0.3) is 0 Å². The summed E-state index contributed by atoms with van der Waals surface area (Å²) in [6.07, 6.45) is 2.62. The molecule has 0 aliphatic carbocycles. The SMILES string of the molecule is Cc1ccc(CNC(C)(C)CCO)nc1. The molecule has 84 valence electrons. The maximum absolute atomic E-state index is 8.88. The number of aryl methyl sites for hydroxylation is 1. The monoisotopic (exact) mass is 208 g/mol. The highest BCUT2D eigenvalue weighted by atomic mass is 16.3. The van der Waals surface area contributed by atoms with Crippen molar-refractivity contribution in [3.05, 3.63) is 29.6 Å². The molecule has 0 saturated heterocycles. The minimum atomic E-state index is -0.0404. The summed E-state index contributed by atoms with van der Waals surface area (Å²) in [5.41, 5.74) is 2.17. The molecule has 1 rings (SSSR count). The van der Waals surface area contributed by atoms with Gasteiger partial charge in [0, 0.05) is 24.9 Å². The molecule has 1 aromatic heterocycles. The first-order chi connectivity index (χ1) is 7.03. The lowest BCUT2D eigenvalue weighted by molar-refractivity contribution is 0.229. The van der Waals surface area contributed by atoms with Gasteiger partial charge in [-0.05, 0) is 38.8 Å². The zero-order valence-electron chi connectivity index (χ0n) is 9.75. The summed E-state index contributed by atoms with van der Waals surface area (Å²) in [5, 5.41) is 12.3. The number of nitrogens with one attached hydrogen (secondary N) is 1. The van der Waals surface area contributed by atoms with Gasteiger partial charge < -0.3 is 10.4 Å². The molecule has 0 aliphatic heterocycles. The number of aromatic nitrogens is 1. The average Bonchev–Trinajstić information content (AvgIpc) is 2.17. The van der Waals surface area contributed by atoms with Crippen molar-refractivity contribution in [2.75, 3.05) is 6.61 Å². The maximum Gasteiger partial charge on any atom is 0.0542 e. The first-order valence-corrected chi connectivity index (χ1v) is 5.31. The Bertz CT molecular complexity index is 293. The third kappa shape index (κ3) is 4.40. The van der Waals surface area contributed by atoms with Crippen LogP contribution in [0.4, 0.5) is 0 Å². The number of hydrogen-bond donors (Lipinski definition) is 2. The van der Waals surface area contributed by atoms with Gasteiger partial charge in [0.15, 0.2) is 0 Å². The molecule has 0 aromatic carbocycles. The molecule has 0 bridgehead atoms. The Morgan fingerprint density at radius 3 is 2.67 bits per heavy atom. The van der Waals surface area contributed by atoms with Crippen LogP contribution in [0.1, 0.15) is 31.5 Å². The zero-order chi connectivity index (χ0) is 11.3. The number of aliphatic hydroxyl groups excluding tert-OH is 1. The van der Waals surface area contributed by atoms with Gasteiger partial charge in [0.05, 0.1) is 5.69 Å². The van der Waals surface area contributed by atoms with Gasteiger partial charge in [0.25, 0.3) is 0 Å². The van der Waals surface area contributed by atoms with E-state index >= 15 is 0 Å². The Balaban J connectivity index is 2.46. The van der Waals surface area contributed by atoms with Crippen LogP contribution >= 0.6 is 0 Å². The predicted molar refractivity (Wildman–Crippen MR) is 61.6 cm³/mol. The van der Waals surface area contributed by atoms with Gasteiger partial charge in [-0.3, -0.25) is 4.98 Å². The van der Waals surface area contributed by atoms with E-state index in [0.717, 1.165) is 18.7 Å². The molecule has 0 aliphatic rings. The van der Waals surface area contributed by atoms with E-state index in [4.69, 9.17) is 5.11 Å². The Morgan fingerprint density at radius 1 is 1.40 bits per heavy atom. The van der Waals surface area contributed by atoms with Crippen LogP contribution in [0.3, 0.4) is 0 Å². The van der Waals surface area contributed by atoms with E-state index in [1.165, 1.54) is 5.56 Å². The average molecular weight is 208 g/mol. The summed E-state index contributed by atoms with van der Waals surface area (Å²) in [4.78, 5) is 4.32. The molecule has 3 nitrogen and oxygen atoms in total. The summed E-state index contributed by atoms with van der Waals surface area (Å²) in [7, 11) is 0. The van der Waals surface area contributed by atoms with Crippen LogP contribution in [0.5, 0.6) is 0 Å². The molecule has 1 aromatic rings. The van der Waals surface area contributed by atoms with Gasteiger partial charge in [-0.1, -0.05) is 6.07 Å². The van der Waals surface area contributed by atoms with Crippen LogP contribution in [-0.2, 0) is 6.54 Å².